The fourth-order valence-electron chi connectivity index (χ4n) is 1.61. The fourth-order valence-corrected chi connectivity index (χ4v) is 12.5. The standard InChI is InChI=1S/C5H2F12P2.C5H14P2.4CN.2Pt/c6-2(7,8)18(3(9,10)11)1-19(4(12,13)14)5(15,16)17;1-6(2)5-7(3)4;4*1-2;;/h1H2;5H2,1-4H3;;;;;;/q;;4*-1;;/p+4. The molecule has 0 amide bonds. The van der Waals surface area contributed by atoms with Crippen LogP contribution in [0.2, 0.25) is 0 Å². The van der Waals surface area contributed by atoms with Gasteiger partial charge in [0.25, 0.3) is 15.8 Å². The van der Waals surface area contributed by atoms with Crippen LogP contribution in [0, 0.1) is 47.3 Å². The topological polar surface area (TPSA) is 95.2 Å². The predicted molar refractivity (Wildman–Crippen MR) is 111 cm³/mol. The second kappa shape index (κ2) is 28.2. The molecule has 0 unspecified atom stereocenters. The monoisotopic (exact) mass is 986 g/mol. The molecule has 0 aromatic carbocycles. The SMILES string of the molecule is C[PH+](C)C[PH+](C)C.FC(F)(F)[PH+](C[PH+](C(F)(F)F)C(F)(F)F)C(F)(F)F.[C-]#N.[C-]#N.[C-]#N.[C-]#N.[Pt].[Pt]. The zero-order chi connectivity index (χ0) is 29.7. The van der Waals surface area contributed by atoms with E-state index in [-0.39, 0.29) is 58.0 Å². The van der Waals surface area contributed by atoms with Gasteiger partial charge in [-0.15, -0.1) is 52.7 Å². The summed E-state index contributed by atoms with van der Waals surface area (Å²) in [6.07, 6.45) is 0. The smallest absolute Gasteiger partial charge is 0.512 e. The maximum atomic E-state index is 12.0. The van der Waals surface area contributed by atoms with Gasteiger partial charge in [0.05, 0.1) is 0 Å². The summed E-state index contributed by atoms with van der Waals surface area (Å²) >= 11 is 0. The summed E-state index contributed by atoms with van der Waals surface area (Å²) in [5.41, 5.74) is 0. The first-order valence-electron chi connectivity index (χ1n) is 7.58. The summed E-state index contributed by atoms with van der Waals surface area (Å²) in [6, 6.07) is 0. The van der Waals surface area contributed by atoms with Crippen molar-refractivity contribution in [1.29, 1.82) is 21.0 Å². The van der Waals surface area contributed by atoms with E-state index in [2.05, 4.69) is 26.7 Å². The molecular weight excluding hydrogens is 966 g/mol. The molecule has 0 radical (unpaired) electrons. The summed E-state index contributed by atoms with van der Waals surface area (Å²) in [5.74, 6) is -25.9. The van der Waals surface area contributed by atoms with Crippen LogP contribution in [-0.2, 0) is 42.1 Å². The van der Waals surface area contributed by atoms with Gasteiger partial charge < -0.3 is 47.3 Å². The normalized spacial score (nSPS) is 10.6. The van der Waals surface area contributed by atoms with Crippen molar-refractivity contribution in [2.24, 2.45) is 0 Å². The molecule has 4 nitrogen and oxygen atoms in total. The quantitative estimate of drug-likeness (QED) is 0.164. The molecule has 0 aliphatic heterocycles. The van der Waals surface area contributed by atoms with Crippen LogP contribution in [0.5, 0.6) is 0 Å². The predicted octanol–water partition coefficient (Wildman–Crippen LogP) is 7.72. The zero-order valence-electron chi connectivity index (χ0n) is 18.4. The number of halogens is 12. The average molecular weight is 986 g/mol. The van der Waals surface area contributed by atoms with Gasteiger partial charge in [0.2, 0.25) is 0 Å². The van der Waals surface area contributed by atoms with Crippen molar-refractivity contribution >= 4 is 31.7 Å². The van der Waals surface area contributed by atoms with Gasteiger partial charge in [0.1, 0.15) is 0 Å². The van der Waals surface area contributed by atoms with Crippen LogP contribution < -0.4 is 0 Å². The Morgan fingerprint density at radius 1 is 0.417 bits per heavy atom. The van der Waals surface area contributed by atoms with Gasteiger partial charge in [-0.1, -0.05) is 0 Å². The van der Waals surface area contributed by atoms with Crippen molar-refractivity contribution in [1.82, 2.24) is 0 Å². The number of hydrogen-bond donors (Lipinski definition) is 0. The first-order valence-corrected chi connectivity index (χ1v) is 16.4. The van der Waals surface area contributed by atoms with Gasteiger partial charge in [-0.3, -0.25) is 0 Å². The maximum Gasteiger partial charge on any atom is 0.520 e. The van der Waals surface area contributed by atoms with E-state index < -0.39 is 45.4 Å². The molecule has 0 N–H and O–H groups in total. The Balaban J connectivity index is -0.0000000646. The average Bonchev–Trinajstić information content (AvgIpc) is 2.63. The molecule has 0 aliphatic rings. The Morgan fingerprint density at radius 2 is 0.556 bits per heavy atom. The molecule has 36 heavy (non-hydrogen) atoms. The minimum atomic E-state index is -6.13. The van der Waals surface area contributed by atoms with Crippen LogP contribution in [0.1, 0.15) is 0 Å². The van der Waals surface area contributed by atoms with Crippen LogP contribution >= 0.6 is 31.7 Å². The molecule has 0 aromatic rings. The Hall–Kier alpha value is 0.217. The van der Waals surface area contributed by atoms with E-state index in [1.165, 1.54) is 0 Å². The van der Waals surface area contributed by atoms with Crippen LogP contribution in [-0.4, -0.2) is 62.1 Å². The van der Waals surface area contributed by atoms with E-state index >= 15 is 0 Å². The molecule has 0 aromatic heterocycles. The van der Waals surface area contributed by atoms with Gasteiger partial charge in [0, 0.05) is 84.6 Å². The molecule has 0 saturated carbocycles. The minimum absolute atomic E-state index is 0. The van der Waals surface area contributed by atoms with Crippen LogP contribution in [0.15, 0.2) is 0 Å². The second-order valence-corrected chi connectivity index (χ2v) is 17.6. The molecule has 0 bridgehead atoms. The van der Waals surface area contributed by atoms with Crippen molar-refractivity contribution in [3.8, 4) is 0 Å². The van der Waals surface area contributed by atoms with Crippen LogP contribution in [0.25, 0.3) is 0 Å². The van der Waals surface area contributed by atoms with Crippen molar-refractivity contribution in [2.75, 3.05) is 38.5 Å². The van der Waals surface area contributed by atoms with Crippen LogP contribution in [0.3, 0.4) is 0 Å². The van der Waals surface area contributed by atoms with Crippen molar-refractivity contribution < 1.29 is 94.8 Å². The van der Waals surface area contributed by atoms with Gasteiger partial charge in [-0.25, -0.2) is 0 Å². The third kappa shape index (κ3) is 36.4. The summed E-state index contributed by atoms with van der Waals surface area (Å²) in [4.78, 5) is 0. The van der Waals surface area contributed by atoms with Gasteiger partial charge >= 0.3 is 23.7 Å². The Labute approximate surface area is 235 Å². The van der Waals surface area contributed by atoms with E-state index in [9.17, 15) is 52.7 Å². The molecule has 0 heterocycles. The summed E-state index contributed by atoms with van der Waals surface area (Å²) in [6.45, 7) is 28.6. The van der Waals surface area contributed by atoms with E-state index in [0.717, 1.165) is 0 Å². The van der Waals surface area contributed by atoms with E-state index in [0.29, 0.717) is 0 Å². The van der Waals surface area contributed by atoms with E-state index in [1.54, 1.807) is 5.90 Å². The molecule has 0 rings (SSSR count). The Morgan fingerprint density at radius 3 is 0.611 bits per heavy atom. The molecule has 220 valence electrons. The van der Waals surface area contributed by atoms with Gasteiger partial charge in [0.15, 0.2) is 11.8 Å². The van der Waals surface area contributed by atoms with E-state index in [1.807, 2.05) is 0 Å². The minimum Gasteiger partial charge on any atom is -0.512 e. The van der Waals surface area contributed by atoms with Crippen molar-refractivity contribution in [3.63, 3.8) is 0 Å². The van der Waals surface area contributed by atoms with E-state index in [4.69, 9.17) is 47.3 Å². The summed E-state index contributed by atoms with van der Waals surface area (Å²) in [7, 11) is -11.4. The summed E-state index contributed by atoms with van der Waals surface area (Å²) in [5, 5.41) is 25.0. The maximum absolute atomic E-state index is 12.0. The third-order valence-corrected chi connectivity index (χ3v) is 13.7. The molecular formula is C14H20F12N4P4Pt2. The first kappa shape index (κ1) is 56.4. The Kier molecular flexibility index (Phi) is 44.2. The zero-order valence-corrected chi connectivity index (χ0v) is 26.9. The Bertz CT molecular complexity index is 487. The fraction of sp³-hybridized carbons (Fsp3) is 0.714. The summed E-state index contributed by atoms with van der Waals surface area (Å²) < 4.78 is 144. The van der Waals surface area contributed by atoms with Crippen LogP contribution in [0.4, 0.5) is 52.7 Å². The molecule has 0 atom stereocenters. The number of rotatable bonds is 4. The number of nitrogens with zero attached hydrogens (tertiary/aromatic N) is 4. The first-order chi connectivity index (χ1) is 15.1. The number of alkyl halides is 12. The largest absolute Gasteiger partial charge is 0.520 e. The molecule has 0 fully saturated rings. The van der Waals surface area contributed by atoms with Gasteiger partial charge in [-0.2, -0.15) is 0 Å². The van der Waals surface area contributed by atoms with Gasteiger partial charge in [-0.05, 0) is 0 Å². The van der Waals surface area contributed by atoms with Crippen molar-refractivity contribution in [2.45, 2.75) is 23.7 Å². The molecule has 22 heteroatoms. The second-order valence-electron chi connectivity index (χ2n) is 5.72. The van der Waals surface area contributed by atoms with Crippen molar-refractivity contribution in [3.05, 3.63) is 26.3 Å². The molecule has 0 spiro atoms. The third-order valence-electron chi connectivity index (χ3n) is 2.43. The molecule has 0 saturated heterocycles. The molecule has 0 aliphatic carbocycles. The number of hydrogen-bond acceptors (Lipinski definition) is 4.